The first-order valence-electron chi connectivity index (χ1n) is 6.27. The summed E-state index contributed by atoms with van der Waals surface area (Å²) in [6.07, 6.45) is 2.65. The first kappa shape index (κ1) is 12.5. The number of nitrogens with zero attached hydrogens (tertiary/aromatic N) is 2. The van der Waals surface area contributed by atoms with Crippen LogP contribution in [0.4, 0.5) is 11.6 Å². The van der Waals surface area contributed by atoms with Crippen LogP contribution in [0.25, 0.3) is 0 Å². The maximum Gasteiger partial charge on any atom is 0.230 e. The Labute approximate surface area is 116 Å². The average molecular weight is 273 g/mol. The van der Waals surface area contributed by atoms with E-state index in [1.807, 2.05) is 12.1 Å². The fourth-order valence-corrected chi connectivity index (χ4v) is 2.01. The molecule has 2 heterocycles. The van der Waals surface area contributed by atoms with Gasteiger partial charge in [0.1, 0.15) is 11.5 Å². The molecule has 0 saturated heterocycles. The lowest BCUT2D eigenvalue weighted by Crippen LogP contribution is -1.99. The smallest absolute Gasteiger partial charge is 0.230 e. The first-order chi connectivity index (χ1) is 9.78. The van der Waals surface area contributed by atoms with Crippen LogP contribution in [-0.4, -0.2) is 30.8 Å². The van der Waals surface area contributed by atoms with Crippen molar-refractivity contribution in [2.75, 3.05) is 26.1 Å². The molecule has 1 aromatic heterocycles. The SMILES string of the molecule is COc1cc(Nc2ncc3c(n2)OCC3)cc(OC)c1. The fourth-order valence-electron chi connectivity index (χ4n) is 2.01. The molecule has 1 aliphatic rings. The van der Waals surface area contributed by atoms with Gasteiger partial charge in [0.05, 0.1) is 20.8 Å². The van der Waals surface area contributed by atoms with Crippen LogP contribution in [0.2, 0.25) is 0 Å². The average Bonchev–Trinajstić information content (AvgIpc) is 2.94. The van der Waals surface area contributed by atoms with E-state index in [0.29, 0.717) is 29.9 Å². The third-order valence-electron chi connectivity index (χ3n) is 3.04. The Morgan fingerprint density at radius 1 is 1.15 bits per heavy atom. The lowest BCUT2D eigenvalue weighted by atomic mass is 10.2. The molecule has 1 aromatic carbocycles. The molecule has 0 aliphatic carbocycles. The predicted molar refractivity (Wildman–Crippen MR) is 74.1 cm³/mol. The Hall–Kier alpha value is -2.50. The molecule has 20 heavy (non-hydrogen) atoms. The topological polar surface area (TPSA) is 65.5 Å². The minimum absolute atomic E-state index is 0.487. The summed E-state index contributed by atoms with van der Waals surface area (Å²) in [5.74, 6) is 2.53. The van der Waals surface area contributed by atoms with E-state index in [2.05, 4.69) is 15.3 Å². The van der Waals surface area contributed by atoms with Gasteiger partial charge in [-0.25, -0.2) is 4.98 Å². The maximum atomic E-state index is 5.43. The molecule has 2 aromatic rings. The van der Waals surface area contributed by atoms with Gasteiger partial charge in [-0.05, 0) is 0 Å². The Morgan fingerprint density at radius 2 is 1.90 bits per heavy atom. The third kappa shape index (κ3) is 2.45. The molecule has 0 atom stereocenters. The monoisotopic (exact) mass is 273 g/mol. The van der Waals surface area contributed by atoms with Crippen molar-refractivity contribution < 1.29 is 14.2 Å². The van der Waals surface area contributed by atoms with Crippen LogP contribution in [0.1, 0.15) is 5.56 Å². The summed E-state index contributed by atoms with van der Waals surface area (Å²) in [4.78, 5) is 8.61. The second kappa shape index (κ2) is 5.24. The van der Waals surface area contributed by atoms with Crippen LogP contribution in [0, 0.1) is 0 Å². The van der Waals surface area contributed by atoms with Crippen LogP contribution in [-0.2, 0) is 6.42 Å². The molecule has 104 valence electrons. The van der Waals surface area contributed by atoms with E-state index in [1.54, 1.807) is 26.5 Å². The van der Waals surface area contributed by atoms with Crippen LogP contribution >= 0.6 is 0 Å². The Bertz CT molecular complexity index is 609. The number of rotatable bonds is 4. The highest BCUT2D eigenvalue weighted by molar-refractivity contribution is 5.59. The summed E-state index contributed by atoms with van der Waals surface area (Å²) in [6, 6.07) is 5.50. The van der Waals surface area contributed by atoms with Crippen molar-refractivity contribution in [3.8, 4) is 17.4 Å². The van der Waals surface area contributed by atoms with Crippen LogP contribution < -0.4 is 19.5 Å². The summed E-state index contributed by atoms with van der Waals surface area (Å²) in [6.45, 7) is 0.667. The predicted octanol–water partition coefficient (Wildman–Crippen LogP) is 2.17. The molecule has 3 rings (SSSR count). The lowest BCUT2D eigenvalue weighted by molar-refractivity contribution is 0.345. The normalized spacial score (nSPS) is 12.5. The van der Waals surface area contributed by atoms with E-state index in [4.69, 9.17) is 14.2 Å². The molecule has 0 amide bonds. The molecule has 0 radical (unpaired) electrons. The van der Waals surface area contributed by atoms with Gasteiger partial charge >= 0.3 is 0 Å². The first-order valence-corrected chi connectivity index (χ1v) is 6.27. The number of hydrogen-bond donors (Lipinski definition) is 1. The fraction of sp³-hybridized carbons (Fsp3) is 0.286. The van der Waals surface area contributed by atoms with Crippen molar-refractivity contribution >= 4 is 11.6 Å². The highest BCUT2D eigenvalue weighted by atomic mass is 16.5. The Kier molecular flexibility index (Phi) is 3.28. The minimum Gasteiger partial charge on any atom is -0.497 e. The summed E-state index contributed by atoms with van der Waals surface area (Å²) in [5, 5.41) is 3.12. The molecule has 1 aliphatic heterocycles. The summed E-state index contributed by atoms with van der Waals surface area (Å²) >= 11 is 0. The van der Waals surface area contributed by atoms with E-state index >= 15 is 0 Å². The van der Waals surface area contributed by atoms with Crippen molar-refractivity contribution in [3.05, 3.63) is 30.0 Å². The molecule has 0 saturated carbocycles. The van der Waals surface area contributed by atoms with E-state index in [9.17, 15) is 0 Å². The molecular formula is C14H15N3O3. The van der Waals surface area contributed by atoms with Crippen molar-refractivity contribution in [1.82, 2.24) is 9.97 Å². The lowest BCUT2D eigenvalue weighted by Gasteiger charge is -2.10. The van der Waals surface area contributed by atoms with Gasteiger partial charge in [0.15, 0.2) is 0 Å². The minimum atomic E-state index is 0.487. The molecule has 0 bridgehead atoms. The molecule has 1 N–H and O–H groups in total. The zero-order valence-electron chi connectivity index (χ0n) is 11.3. The Balaban J connectivity index is 1.87. The van der Waals surface area contributed by atoms with Crippen LogP contribution in [0.3, 0.4) is 0 Å². The van der Waals surface area contributed by atoms with Gasteiger partial charge in [-0.1, -0.05) is 0 Å². The summed E-state index contributed by atoms with van der Waals surface area (Å²) < 4.78 is 15.9. The molecule has 6 nitrogen and oxygen atoms in total. The van der Waals surface area contributed by atoms with Gasteiger partial charge in [0.2, 0.25) is 11.8 Å². The number of fused-ring (bicyclic) bond motifs is 1. The second-order valence-electron chi connectivity index (χ2n) is 4.35. The number of benzene rings is 1. The maximum absolute atomic E-state index is 5.43. The van der Waals surface area contributed by atoms with Gasteiger partial charge in [0.25, 0.3) is 0 Å². The molecule has 0 spiro atoms. The van der Waals surface area contributed by atoms with E-state index in [1.165, 1.54) is 0 Å². The van der Waals surface area contributed by atoms with Gasteiger partial charge in [-0.3, -0.25) is 0 Å². The number of ether oxygens (including phenoxy) is 3. The number of nitrogens with one attached hydrogen (secondary N) is 1. The van der Waals surface area contributed by atoms with Gasteiger partial charge in [0, 0.05) is 42.1 Å². The number of hydrogen-bond acceptors (Lipinski definition) is 6. The molecular weight excluding hydrogens is 258 g/mol. The number of aromatic nitrogens is 2. The van der Waals surface area contributed by atoms with Crippen molar-refractivity contribution in [2.45, 2.75) is 6.42 Å². The summed E-state index contributed by atoms with van der Waals surface area (Å²) in [7, 11) is 3.22. The van der Waals surface area contributed by atoms with Gasteiger partial charge < -0.3 is 19.5 Å². The number of anilines is 2. The van der Waals surface area contributed by atoms with E-state index in [0.717, 1.165) is 17.7 Å². The number of methoxy groups -OCH3 is 2. The second-order valence-corrected chi connectivity index (χ2v) is 4.35. The zero-order valence-corrected chi connectivity index (χ0v) is 11.3. The molecule has 6 heteroatoms. The third-order valence-corrected chi connectivity index (χ3v) is 3.04. The van der Waals surface area contributed by atoms with E-state index < -0.39 is 0 Å². The molecule has 0 fully saturated rings. The van der Waals surface area contributed by atoms with Crippen molar-refractivity contribution in [3.63, 3.8) is 0 Å². The summed E-state index contributed by atoms with van der Waals surface area (Å²) in [5.41, 5.74) is 1.83. The highest BCUT2D eigenvalue weighted by Crippen LogP contribution is 2.28. The van der Waals surface area contributed by atoms with E-state index in [-0.39, 0.29) is 0 Å². The van der Waals surface area contributed by atoms with Crippen LogP contribution in [0.15, 0.2) is 24.4 Å². The largest absolute Gasteiger partial charge is 0.497 e. The Morgan fingerprint density at radius 3 is 2.60 bits per heavy atom. The molecule has 0 unspecified atom stereocenters. The quantitative estimate of drug-likeness (QED) is 0.921. The van der Waals surface area contributed by atoms with Crippen LogP contribution in [0.5, 0.6) is 17.4 Å². The van der Waals surface area contributed by atoms with Crippen molar-refractivity contribution in [2.24, 2.45) is 0 Å². The standard InChI is InChI=1S/C14H15N3O3/c1-18-11-5-10(6-12(7-11)19-2)16-14-15-8-9-3-4-20-13(9)17-14/h5-8H,3-4H2,1-2H3,(H,15,16,17). The highest BCUT2D eigenvalue weighted by Gasteiger charge is 2.15. The van der Waals surface area contributed by atoms with Crippen molar-refractivity contribution in [1.29, 1.82) is 0 Å². The van der Waals surface area contributed by atoms with Gasteiger partial charge in [-0.15, -0.1) is 0 Å². The zero-order chi connectivity index (χ0) is 13.9. The van der Waals surface area contributed by atoms with Gasteiger partial charge in [-0.2, -0.15) is 4.98 Å².